The van der Waals surface area contributed by atoms with Crippen LogP contribution in [0.4, 0.5) is 5.69 Å². The quantitative estimate of drug-likeness (QED) is 0.373. The zero-order valence-electron chi connectivity index (χ0n) is 17.7. The van der Waals surface area contributed by atoms with E-state index in [2.05, 4.69) is 23.3 Å². The first-order chi connectivity index (χ1) is 13.6. The van der Waals surface area contributed by atoms with Crippen LogP contribution >= 0.6 is 0 Å². The van der Waals surface area contributed by atoms with Crippen molar-refractivity contribution in [2.24, 2.45) is 0 Å². The molecule has 1 saturated heterocycles. The van der Waals surface area contributed by atoms with Crippen molar-refractivity contribution in [1.29, 1.82) is 0 Å². The minimum Gasteiger partial charge on any atom is -0.492 e. The average molecular weight is 405 g/mol. The molecule has 1 heterocycles. The minimum atomic E-state index is -0.471. The Balaban J connectivity index is 1.80. The van der Waals surface area contributed by atoms with Gasteiger partial charge in [0.15, 0.2) is 0 Å². The van der Waals surface area contributed by atoms with E-state index in [1.807, 2.05) is 20.8 Å². The smallest absolute Gasteiger partial charge is 0.320 e. The summed E-state index contributed by atoms with van der Waals surface area (Å²) in [6.45, 7) is 15.4. The van der Waals surface area contributed by atoms with Crippen LogP contribution in [0.2, 0.25) is 0 Å². The van der Waals surface area contributed by atoms with E-state index >= 15 is 0 Å². The highest BCUT2D eigenvalue weighted by atomic mass is 16.6. The molecule has 160 valence electrons. The number of carbonyl (C=O) groups excluding carboxylic acids is 1. The van der Waals surface area contributed by atoms with Crippen LogP contribution in [0, 0.1) is 10.1 Å². The normalized spacial score (nSPS) is 18.3. The Bertz CT molecular complexity index is 744. The fourth-order valence-electron chi connectivity index (χ4n) is 3.27. The first kappa shape index (κ1) is 22.8. The minimum absolute atomic E-state index is 0.0159. The van der Waals surface area contributed by atoms with Crippen molar-refractivity contribution in [2.75, 3.05) is 39.3 Å². The molecule has 0 unspecified atom stereocenters. The number of ether oxygens (including phenoxy) is 2. The second-order valence-electron chi connectivity index (χ2n) is 8.24. The Hall–Kier alpha value is -2.45. The van der Waals surface area contributed by atoms with Crippen molar-refractivity contribution in [2.45, 2.75) is 39.3 Å². The third-order valence-electron chi connectivity index (χ3n) is 4.69. The van der Waals surface area contributed by atoms with Gasteiger partial charge in [0.2, 0.25) is 0 Å². The maximum atomic E-state index is 12.1. The van der Waals surface area contributed by atoms with E-state index in [4.69, 9.17) is 9.47 Å². The van der Waals surface area contributed by atoms with Gasteiger partial charge in [-0.1, -0.05) is 12.7 Å². The van der Waals surface area contributed by atoms with Crippen molar-refractivity contribution in [3.05, 3.63) is 40.5 Å². The van der Waals surface area contributed by atoms with Gasteiger partial charge in [0.1, 0.15) is 18.0 Å². The third kappa shape index (κ3) is 7.14. The molecule has 1 atom stereocenters. The van der Waals surface area contributed by atoms with E-state index in [9.17, 15) is 14.9 Å². The summed E-state index contributed by atoms with van der Waals surface area (Å²) in [6, 6.07) is 4.73. The lowest BCUT2D eigenvalue weighted by atomic mass is 10.1. The zero-order valence-corrected chi connectivity index (χ0v) is 17.7. The second kappa shape index (κ2) is 9.84. The molecule has 2 rings (SSSR count). The topological polar surface area (TPSA) is 85.2 Å². The van der Waals surface area contributed by atoms with Crippen LogP contribution in [0.3, 0.4) is 0 Å². The average Bonchev–Trinajstić information content (AvgIpc) is 2.62. The second-order valence-corrected chi connectivity index (χ2v) is 8.24. The van der Waals surface area contributed by atoms with Gasteiger partial charge in [-0.05, 0) is 33.8 Å². The van der Waals surface area contributed by atoms with Crippen LogP contribution in [-0.4, -0.2) is 71.7 Å². The van der Waals surface area contributed by atoms with Gasteiger partial charge in [-0.25, -0.2) is 0 Å². The molecule has 1 fully saturated rings. The predicted molar refractivity (Wildman–Crippen MR) is 112 cm³/mol. The molecule has 0 amide bonds. The summed E-state index contributed by atoms with van der Waals surface area (Å²) in [4.78, 5) is 26.9. The monoisotopic (exact) mass is 405 g/mol. The maximum absolute atomic E-state index is 12.1. The summed E-state index contributed by atoms with van der Waals surface area (Å²) >= 11 is 0. The van der Waals surface area contributed by atoms with Gasteiger partial charge < -0.3 is 9.47 Å². The molecule has 8 heteroatoms. The Morgan fingerprint density at radius 3 is 2.69 bits per heavy atom. The molecule has 1 aromatic carbocycles. The number of nitro groups is 1. The first-order valence-corrected chi connectivity index (χ1v) is 9.81. The first-order valence-electron chi connectivity index (χ1n) is 9.81. The summed E-state index contributed by atoms with van der Waals surface area (Å²) < 4.78 is 11.2. The van der Waals surface area contributed by atoms with Gasteiger partial charge in [-0.15, -0.1) is 0 Å². The molecule has 1 aliphatic heterocycles. The van der Waals surface area contributed by atoms with Crippen molar-refractivity contribution >= 4 is 17.7 Å². The lowest BCUT2D eigenvalue weighted by Crippen LogP contribution is -2.54. The van der Waals surface area contributed by atoms with Crippen LogP contribution in [-0.2, 0) is 9.53 Å². The van der Waals surface area contributed by atoms with Crippen molar-refractivity contribution in [3.8, 4) is 5.75 Å². The summed E-state index contributed by atoms with van der Waals surface area (Å²) in [6.07, 6.45) is 1.56. The van der Waals surface area contributed by atoms with E-state index in [0.717, 1.165) is 26.2 Å². The molecular weight excluding hydrogens is 374 g/mol. The van der Waals surface area contributed by atoms with Gasteiger partial charge >= 0.3 is 5.97 Å². The fourth-order valence-corrected chi connectivity index (χ4v) is 3.27. The number of non-ortho nitro benzene ring substituents is 1. The molecule has 0 N–H and O–H groups in total. The molecule has 1 aliphatic rings. The van der Waals surface area contributed by atoms with E-state index in [0.29, 0.717) is 24.5 Å². The molecule has 0 saturated carbocycles. The lowest BCUT2D eigenvalue weighted by molar-refractivity contribution is -0.384. The number of nitro benzene ring substituents is 1. The summed E-state index contributed by atoms with van der Waals surface area (Å²) in [5, 5.41) is 10.9. The Labute approximate surface area is 172 Å². The maximum Gasteiger partial charge on any atom is 0.320 e. The number of hydrogen-bond donors (Lipinski definition) is 0. The third-order valence-corrected chi connectivity index (χ3v) is 4.69. The largest absolute Gasteiger partial charge is 0.492 e. The van der Waals surface area contributed by atoms with E-state index < -0.39 is 10.5 Å². The predicted octanol–water partition coefficient (Wildman–Crippen LogP) is 2.96. The Morgan fingerprint density at radius 1 is 1.38 bits per heavy atom. The van der Waals surface area contributed by atoms with Crippen molar-refractivity contribution in [1.82, 2.24) is 9.80 Å². The van der Waals surface area contributed by atoms with E-state index in [1.54, 1.807) is 12.1 Å². The lowest BCUT2D eigenvalue weighted by Gasteiger charge is -2.39. The molecule has 29 heavy (non-hydrogen) atoms. The van der Waals surface area contributed by atoms with E-state index in [1.165, 1.54) is 12.1 Å². The number of esters is 1. The van der Waals surface area contributed by atoms with Gasteiger partial charge in [-0.3, -0.25) is 24.7 Å². The standard InChI is InChI=1S/C21H31N3O5/c1-6-17-13-18(24(26)27)7-8-19(17)28-12-11-22-9-10-23(16(2)14-22)15-20(25)29-21(3,4)5/h6-8,13,16H,1,9-12,14-15H2,2-5H3/t16-/m1/s1. The Morgan fingerprint density at radius 2 is 2.10 bits per heavy atom. The Kier molecular flexibility index (Phi) is 7.75. The molecule has 0 radical (unpaired) electrons. The molecule has 0 aliphatic carbocycles. The molecule has 0 bridgehead atoms. The highest BCUT2D eigenvalue weighted by molar-refractivity contribution is 5.72. The van der Waals surface area contributed by atoms with Crippen LogP contribution in [0.15, 0.2) is 24.8 Å². The molecular formula is C21H31N3O5. The SMILES string of the molecule is C=Cc1cc([N+](=O)[O-])ccc1OCCN1CCN(CC(=O)OC(C)(C)C)[C@H](C)C1. The fraction of sp³-hybridized carbons (Fsp3) is 0.571. The van der Waals surface area contributed by atoms with Crippen LogP contribution in [0.25, 0.3) is 6.08 Å². The van der Waals surface area contributed by atoms with Gasteiger partial charge in [0.05, 0.1) is 11.5 Å². The number of carbonyl (C=O) groups is 1. The van der Waals surface area contributed by atoms with Gasteiger partial charge in [0.25, 0.3) is 5.69 Å². The van der Waals surface area contributed by atoms with Crippen molar-refractivity contribution in [3.63, 3.8) is 0 Å². The highest BCUT2D eigenvalue weighted by Crippen LogP contribution is 2.25. The molecule has 0 spiro atoms. The number of hydrogen-bond acceptors (Lipinski definition) is 7. The number of rotatable bonds is 8. The zero-order chi connectivity index (χ0) is 21.6. The van der Waals surface area contributed by atoms with Gasteiger partial charge in [0, 0.05) is 49.9 Å². The summed E-state index contributed by atoms with van der Waals surface area (Å²) in [7, 11) is 0. The summed E-state index contributed by atoms with van der Waals surface area (Å²) in [5.74, 6) is 0.387. The number of nitrogens with zero attached hydrogens (tertiary/aromatic N) is 3. The van der Waals surface area contributed by atoms with Gasteiger partial charge in [-0.2, -0.15) is 0 Å². The summed E-state index contributed by atoms with van der Waals surface area (Å²) in [5.41, 5.74) is 0.152. The molecule has 8 nitrogen and oxygen atoms in total. The number of benzene rings is 1. The molecule has 1 aromatic rings. The van der Waals surface area contributed by atoms with Crippen molar-refractivity contribution < 1.29 is 19.2 Å². The van der Waals surface area contributed by atoms with E-state index in [-0.39, 0.29) is 17.7 Å². The van der Waals surface area contributed by atoms with Crippen LogP contribution in [0.1, 0.15) is 33.3 Å². The number of piperazine rings is 1. The molecule has 0 aromatic heterocycles. The van der Waals surface area contributed by atoms with Crippen LogP contribution < -0.4 is 4.74 Å². The van der Waals surface area contributed by atoms with Crippen LogP contribution in [0.5, 0.6) is 5.75 Å². The highest BCUT2D eigenvalue weighted by Gasteiger charge is 2.27.